The third kappa shape index (κ3) is 1.04. The number of esters is 1. The van der Waals surface area contributed by atoms with Gasteiger partial charge in [-0.2, -0.15) is 0 Å². The van der Waals surface area contributed by atoms with Crippen LogP contribution in [0.3, 0.4) is 0 Å². The number of amides is 1. The minimum atomic E-state index is -0.671. The molecule has 1 aliphatic heterocycles. The fourth-order valence-electron chi connectivity index (χ4n) is 2.42. The molecule has 1 saturated heterocycles. The molecule has 0 aromatic rings. The zero-order chi connectivity index (χ0) is 9.47. The van der Waals surface area contributed by atoms with Crippen molar-refractivity contribution in [2.24, 2.45) is 17.1 Å². The summed E-state index contributed by atoms with van der Waals surface area (Å²) in [6.07, 6.45) is 3.42. The number of nitrogens with two attached hydrogens (primary N) is 1. The van der Waals surface area contributed by atoms with Gasteiger partial charge in [0.2, 0.25) is 5.91 Å². The van der Waals surface area contributed by atoms with Crippen LogP contribution in [0.2, 0.25) is 0 Å². The highest BCUT2D eigenvalue weighted by Crippen LogP contribution is 2.46. The maximum Gasteiger partial charge on any atom is 0.310 e. The van der Waals surface area contributed by atoms with Gasteiger partial charge in [-0.05, 0) is 12.8 Å². The average Bonchev–Trinajstić information content (AvgIpc) is 2.46. The van der Waals surface area contributed by atoms with Crippen molar-refractivity contribution in [1.29, 1.82) is 0 Å². The molecule has 1 heterocycles. The molecule has 1 amide bonds. The van der Waals surface area contributed by atoms with Gasteiger partial charge in [-0.25, -0.2) is 0 Å². The lowest BCUT2D eigenvalue weighted by Crippen LogP contribution is -2.45. The van der Waals surface area contributed by atoms with Gasteiger partial charge in [0.1, 0.15) is 6.61 Å². The van der Waals surface area contributed by atoms with Gasteiger partial charge in [0, 0.05) is 0 Å². The van der Waals surface area contributed by atoms with Crippen molar-refractivity contribution in [1.82, 2.24) is 0 Å². The molecule has 4 heteroatoms. The molecule has 0 spiro atoms. The SMILES string of the molecule is NC(=O)C12CCCCC1C(=O)OC2. The number of hydrogen-bond acceptors (Lipinski definition) is 3. The van der Waals surface area contributed by atoms with Crippen molar-refractivity contribution in [3.05, 3.63) is 0 Å². The van der Waals surface area contributed by atoms with E-state index in [-0.39, 0.29) is 24.4 Å². The largest absolute Gasteiger partial charge is 0.464 e. The van der Waals surface area contributed by atoms with E-state index < -0.39 is 5.41 Å². The predicted molar refractivity (Wildman–Crippen MR) is 44.5 cm³/mol. The van der Waals surface area contributed by atoms with Gasteiger partial charge in [0.25, 0.3) is 0 Å². The molecule has 72 valence electrons. The maximum absolute atomic E-state index is 11.3. The van der Waals surface area contributed by atoms with E-state index in [9.17, 15) is 9.59 Å². The van der Waals surface area contributed by atoms with Crippen LogP contribution in [0.5, 0.6) is 0 Å². The van der Waals surface area contributed by atoms with Gasteiger partial charge in [-0.15, -0.1) is 0 Å². The van der Waals surface area contributed by atoms with Gasteiger partial charge < -0.3 is 10.5 Å². The Hall–Kier alpha value is -1.06. The van der Waals surface area contributed by atoms with Crippen molar-refractivity contribution < 1.29 is 14.3 Å². The summed E-state index contributed by atoms with van der Waals surface area (Å²) in [6.45, 7) is 0.200. The second-order valence-corrected chi connectivity index (χ2v) is 3.93. The first kappa shape index (κ1) is 8.53. The fraction of sp³-hybridized carbons (Fsp3) is 0.778. The molecule has 2 unspecified atom stereocenters. The topological polar surface area (TPSA) is 69.4 Å². The highest BCUT2D eigenvalue weighted by molar-refractivity contribution is 5.90. The second kappa shape index (κ2) is 2.72. The Balaban J connectivity index is 2.32. The van der Waals surface area contributed by atoms with Gasteiger partial charge in [0.15, 0.2) is 0 Å². The molecule has 2 atom stereocenters. The lowest BCUT2D eigenvalue weighted by atomic mass is 9.67. The average molecular weight is 183 g/mol. The Morgan fingerprint density at radius 1 is 1.54 bits per heavy atom. The number of hydrogen-bond donors (Lipinski definition) is 1. The minimum Gasteiger partial charge on any atom is -0.464 e. The van der Waals surface area contributed by atoms with E-state index in [4.69, 9.17) is 10.5 Å². The molecule has 13 heavy (non-hydrogen) atoms. The molecule has 1 saturated carbocycles. The second-order valence-electron chi connectivity index (χ2n) is 3.93. The number of ether oxygens (including phenoxy) is 1. The lowest BCUT2D eigenvalue weighted by molar-refractivity contribution is -0.142. The van der Waals surface area contributed by atoms with E-state index in [1.807, 2.05) is 0 Å². The molecular weight excluding hydrogens is 170 g/mol. The molecule has 0 bridgehead atoms. The van der Waals surface area contributed by atoms with Gasteiger partial charge in [-0.1, -0.05) is 12.8 Å². The Morgan fingerprint density at radius 3 is 2.92 bits per heavy atom. The molecule has 2 aliphatic rings. The van der Waals surface area contributed by atoms with Gasteiger partial charge in [0.05, 0.1) is 11.3 Å². The maximum atomic E-state index is 11.3. The Morgan fingerprint density at radius 2 is 2.31 bits per heavy atom. The number of primary amides is 1. The molecule has 0 aromatic carbocycles. The molecule has 2 rings (SSSR count). The Kier molecular flexibility index (Phi) is 1.78. The van der Waals surface area contributed by atoms with Crippen LogP contribution in [0.25, 0.3) is 0 Å². The van der Waals surface area contributed by atoms with E-state index in [0.29, 0.717) is 6.42 Å². The normalized spacial score (nSPS) is 38.2. The van der Waals surface area contributed by atoms with Crippen molar-refractivity contribution in [3.8, 4) is 0 Å². The monoisotopic (exact) mass is 183 g/mol. The van der Waals surface area contributed by atoms with Crippen LogP contribution < -0.4 is 5.73 Å². The number of carbonyl (C=O) groups excluding carboxylic acids is 2. The van der Waals surface area contributed by atoms with Gasteiger partial charge >= 0.3 is 5.97 Å². The molecule has 0 radical (unpaired) electrons. The van der Waals surface area contributed by atoms with E-state index in [2.05, 4.69) is 0 Å². The summed E-state index contributed by atoms with van der Waals surface area (Å²) in [7, 11) is 0. The molecule has 2 N–H and O–H groups in total. The highest BCUT2D eigenvalue weighted by Gasteiger charge is 2.55. The molecule has 0 aromatic heterocycles. The van der Waals surface area contributed by atoms with Gasteiger partial charge in [-0.3, -0.25) is 9.59 Å². The van der Waals surface area contributed by atoms with Crippen molar-refractivity contribution in [3.63, 3.8) is 0 Å². The summed E-state index contributed by atoms with van der Waals surface area (Å²) in [5.41, 5.74) is 4.66. The van der Waals surface area contributed by atoms with Crippen molar-refractivity contribution in [2.45, 2.75) is 25.7 Å². The summed E-state index contributed by atoms with van der Waals surface area (Å²) in [5, 5.41) is 0. The number of rotatable bonds is 1. The third-order valence-electron chi connectivity index (χ3n) is 3.28. The summed E-state index contributed by atoms with van der Waals surface area (Å²) in [6, 6.07) is 0. The smallest absolute Gasteiger partial charge is 0.310 e. The summed E-state index contributed by atoms with van der Waals surface area (Å²) < 4.78 is 4.92. The molecule has 1 aliphatic carbocycles. The predicted octanol–water partition coefficient (Wildman–Crippen LogP) is 0.205. The summed E-state index contributed by atoms with van der Waals surface area (Å²) in [5.74, 6) is -0.875. The van der Waals surface area contributed by atoms with E-state index >= 15 is 0 Å². The van der Waals surface area contributed by atoms with Crippen LogP contribution in [0.1, 0.15) is 25.7 Å². The third-order valence-corrected chi connectivity index (χ3v) is 3.28. The van der Waals surface area contributed by atoms with E-state index in [0.717, 1.165) is 19.3 Å². The minimum absolute atomic E-state index is 0.200. The Bertz CT molecular complexity index is 264. The van der Waals surface area contributed by atoms with Crippen LogP contribution >= 0.6 is 0 Å². The fourth-order valence-corrected chi connectivity index (χ4v) is 2.42. The lowest BCUT2D eigenvalue weighted by Gasteiger charge is -2.32. The zero-order valence-corrected chi connectivity index (χ0v) is 7.41. The summed E-state index contributed by atoms with van der Waals surface area (Å²) in [4.78, 5) is 22.6. The summed E-state index contributed by atoms with van der Waals surface area (Å²) >= 11 is 0. The van der Waals surface area contributed by atoms with Crippen LogP contribution in [-0.4, -0.2) is 18.5 Å². The first-order chi connectivity index (χ1) is 6.17. The number of carbonyl (C=O) groups is 2. The van der Waals surface area contributed by atoms with Crippen LogP contribution in [-0.2, 0) is 14.3 Å². The van der Waals surface area contributed by atoms with Crippen molar-refractivity contribution >= 4 is 11.9 Å². The van der Waals surface area contributed by atoms with E-state index in [1.54, 1.807) is 0 Å². The van der Waals surface area contributed by atoms with Crippen molar-refractivity contribution in [2.75, 3.05) is 6.61 Å². The van der Waals surface area contributed by atoms with Crippen LogP contribution in [0.4, 0.5) is 0 Å². The van der Waals surface area contributed by atoms with Crippen LogP contribution in [0, 0.1) is 11.3 Å². The molecule has 4 nitrogen and oxygen atoms in total. The quantitative estimate of drug-likeness (QED) is 0.590. The Labute approximate surface area is 76.4 Å². The number of fused-ring (bicyclic) bond motifs is 1. The molecular formula is C9H13NO3. The first-order valence-electron chi connectivity index (χ1n) is 4.63. The zero-order valence-electron chi connectivity index (χ0n) is 7.41. The van der Waals surface area contributed by atoms with Crippen LogP contribution in [0.15, 0.2) is 0 Å². The standard InChI is InChI=1S/C9H13NO3/c10-8(12)9-4-2-1-3-6(9)7(11)13-5-9/h6H,1-5H2,(H2,10,12). The first-order valence-corrected chi connectivity index (χ1v) is 4.63. The highest BCUT2D eigenvalue weighted by atomic mass is 16.5. The van der Waals surface area contributed by atoms with E-state index in [1.165, 1.54) is 0 Å². The molecule has 2 fully saturated rings. The number of cyclic esters (lactones) is 1.